The molecule has 0 atom stereocenters. The minimum absolute atomic E-state index is 0.290. The number of nitrogens with zero attached hydrogens (tertiary/aromatic N) is 2. The zero-order valence-corrected chi connectivity index (χ0v) is 18.1. The minimum Gasteiger partial charge on any atom is -0.492 e. The molecule has 0 aliphatic heterocycles. The van der Waals surface area contributed by atoms with Crippen LogP contribution in [0.2, 0.25) is 0 Å². The van der Waals surface area contributed by atoms with E-state index in [0.717, 1.165) is 19.9 Å². The predicted molar refractivity (Wildman–Crippen MR) is 119 cm³/mol. The molecule has 0 saturated carbocycles. The number of nitrogens with one attached hydrogen (secondary N) is 1. The van der Waals surface area contributed by atoms with Crippen LogP contribution in [-0.4, -0.2) is 31.3 Å². The Morgan fingerprint density at radius 1 is 1.06 bits per heavy atom. The first-order valence-electron chi connectivity index (χ1n) is 9.62. The van der Waals surface area contributed by atoms with E-state index in [0.29, 0.717) is 11.2 Å². The Morgan fingerprint density at radius 3 is 2.35 bits per heavy atom. The molecule has 0 amide bonds. The van der Waals surface area contributed by atoms with Gasteiger partial charge in [-0.2, -0.15) is 9.61 Å². The van der Waals surface area contributed by atoms with Crippen LogP contribution in [0.1, 0.15) is 31.1 Å². The van der Waals surface area contributed by atoms with Crippen LogP contribution < -0.4 is 5.56 Å². The summed E-state index contributed by atoms with van der Waals surface area (Å²) in [5, 5.41) is 14.7. The molecule has 2 aromatic carbocycles. The van der Waals surface area contributed by atoms with Gasteiger partial charge in [0.05, 0.1) is 6.20 Å². The molecule has 2 aromatic heterocycles. The first-order chi connectivity index (χ1) is 14.7. The van der Waals surface area contributed by atoms with Gasteiger partial charge in [0.2, 0.25) is 5.88 Å². The summed E-state index contributed by atoms with van der Waals surface area (Å²) in [6.45, 7) is 5.04. The number of carbonyl (C=O) groups excluding carboxylic acids is 1. The van der Waals surface area contributed by atoms with Crippen LogP contribution in [0, 0.1) is 0 Å². The molecule has 0 radical (unpaired) electrons. The normalized spacial score (nSPS) is 11.6. The van der Waals surface area contributed by atoms with Crippen molar-refractivity contribution in [1.29, 1.82) is 0 Å². The van der Waals surface area contributed by atoms with Crippen molar-refractivity contribution >= 4 is 23.4 Å². The molecule has 0 unspecified atom stereocenters. The number of esters is 1. The zero-order chi connectivity index (χ0) is 22.2. The molecule has 4 aromatic rings. The van der Waals surface area contributed by atoms with Crippen LogP contribution >= 0.6 is 11.8 Å². The summed E-state index contributed by atoms with van der Waals surface area (Å²) in [6, 6.07) is 17.8. The number of hydrogen-bond donors (Lipinski definition) is 2. The molecular weight excluding hydrogens is 414 g/mol. The lowest BCUT2D eigenvalue weighted by atomic mass is 10.1. The van der Waals surface area contributed by atoms with Gasteiger partial charge in [-0.15, -0.1) is 0 Å². The second-order valence-corrected chi connectivity index (χ2v) is 9.06. The highest BCUT2D eigenvalue weighted by Gasteiger charge is 2.26. The lowest BCUT2D eigenvalue weighted by molar-refractivity contribution is 0.00635. The molecule has 8 heteroatoms. The highest BCUT2D eigenvalue weighted by atomic mass is 32.2. The number of fused-ring (bicyclic) bond motifs is 1. The van der Waals surface area contributed by atoms with E-state index in [9.17, 15) is 14.7 Å². The summed E-state index contributed by atoms with van der Waals surface area (Å²) >= 11 is 1.64. The maximum atomic E-state index is 12.6. The molecule has 0 spiro atoms. The standard InChI is InChI=1S/C23H21N3O4S/c1-23(2,3)30-22(29)18-20(27)25-19-17(13-24-26(19)21(18)28)14-9-11-16(12-10-14)31-15-7-5-4-6-8-15/h4-13,28H,1-3H3,(H,25,27). The van der Waals surface area contributed by atoms with Crippen molar-refractivity contribution in [3.63, 3.8) is 0 Å². The Kier molecular flexibility index (Phi) is 5.32. The number of ether oxygens (including phenoxy) is 1. The SMILES string of the molecule is CC(C)(C)OC(=O)c1c(O)n2ncc(-c3ccc(Sc4ccccc4)cc3)c2[nH]c1=O. The van der Waals surface area contributed by atoms with E-state index >= 15 is 0 Å². The van der Waals surface area contributed by atoms with Crippen molar-refractivity contribution in [2.45, 2.75) is 36.2 Å². The van der Waals surface area contributed by atoms with E-state index in [-0.39, 0.29) is 0 Å². The van der Waals surface area contributed by atoms with Crippen molar-refractivity contribution < 1.29 is 14.6 Å². The number of carbonyl (C=O) groups is 1. The molecular formula is C23H21N3O4S. The molecule has 31 heavy (non-hydrogen) atoms. The number of benzene rings is 2. The largest absolute Gasteiger partial charge is 0.492 e. The van der Waals surface area contributed by atoms with Crippen LogP contribution in [0.25, 0.3) is 16.8 Å². The van der Waals surface area contributed by atoms with Gasteiger partial charge in [0.1, 0.15) is 11.2 Å². The van der Waals surface area contributed by atoms with E-state index in [1.54, 1.807) is 32.5 Å². The molecule has 7 nitrogen and oxygen atoms in total. The summed E-state index contributed by atoms with van der Waals surface area (Å²) in [5.74, 6) is -1.47. The molecule has 0 aliphatic rings. The molecule has 158 valence electrons. The molecule has 2 heterocycles. The number of aromatic amines is 1. The fraction of sp³-hybridized carbons (Fsp3) is 0.174. The molecule has 2 N–H and O–H groups in total. The summed E-state index contributed by atoms with van der Waals surface area (Å²) in [4.78, 5) is 29.8. The monoisotopic (exact) mass is 435 g/mol. The third-order valence-electron chi connectivity index (χ3n) is 4.40. The summed E-state index contributed by atoms with van der Waals surface area (Å²) in [7, 11) is 0. The van der Waals surface area contributed by atoms with Gasteiger partial charge in [0, 0.05) is 15.4 Å². The van der Waals surface area contributed by atoms with Gasteiger partial charge in [0.25, 0.3) is 5.56 Å². The predicted octanol–water partition coefficient (Wildman–Crippen LogP) is 4.50. The van der Waals surface area contributed by atoms with Crippen LogP contribution in [0.15, 0.2) is 75.4 Å². The van der Waals surface area contributed by atoms with Gasteiger partial charge in [-0.3, -0.25) is 4.79 Å². The number of hydrogen-bond acceptors (Lipinski definition) is 6. The quantitative estimate of drug-likeness (QED) is 0.458. The second kappa shape index (κ2) is 7.96. The highest BCUT2D eigenvalue weighted by molar-refractivity contribution is 7.99. The number of aromatic nitrogens is 3. The summed E-state index contributed by atoms with van der Waals surface area (Å²) in [5.41, 5.74) is -0.297. The Hall–Kier alpha value is -3.52. The van der Waals surface area contributed by atoms with Crippen LogP contribution in [0.3, 0.4) is 0 Å². The van der Waals surface area contributed by atoms with E-state index < -0.39 is 28.6 Å². The average Bonchev–Trinajstić information content (AvgIpc) is 3.12. The van der Waals surface area contributed by atoms with Gasteiger partial charge in [0.15, 0.2) is 5.56 Å². The minimum atomic E-state index is -0.910. The van der Waals surface area contributed by atoms with Gasteiger partial charge in [-0.05, 0) is 50.6 Å². The zero-order valence-electron chi connectivity index (χ0n) is 17.2. The molecule has 0 saturated heterocycles. The first kappa shape index (κ1) is 20.7. The van der Waals surface area contributed by atoms with Crippen molar-refractivity contribution in [3.8, 4) is 17.0 Å². The molecule has 4 rings (SSSR count). The van der Waals surface area contributed by atoms with Crippen LogP contribution in [0.4, 0.5) is 0 Å². The molecule has 0 fully saturated rings. The van der Waals surface area contributed by atoms with Gasteiger partial charge < -0.3 is 14.8 Å². The number of H-pyrrole nitrogens is 1. The summed E-state index contributed by atoms with van der Waals surface area (Å²) < 4.78 is 6.35. The third kappa shape index (κ3) is 4.34. The Balaban J connectivity index is 1.68. The number of aromatic hydroxyl groups is 1. The van der Waals surface area contributed by atoms with Gasteiger partial charge in [-0.1, -0.05) is 42.1 Å². The fourth-order valence-electron chi connectivity index (χ4n) is 3.06. The maximum absolute atomic E-state index is 12.6. The maximum Gasteiger partial charge on any atom is 0.349 e. The van der Waals surface area contributed by atoms with Crippen molar-refractivity contribution in [2.75, 3.05) is 0 Å². The first-order valence-corrected chi connectivity index (χ1v) is 10.4. The average molecular weight is 436 g/mol. The highest BCUT2D eigenvalue weighted by Crippen LogP contribution is 2.31. The van der Waals surface area contributed by atoms with E-state index in [2.05, 4.69) is 10.1 Å². The van der Waals surface area contributed by atoms with Crippen molar-refractivity contribution in [3.05, 3.63) is 76.7 Å². The van der Waals surface area contributed by atoms with E-state index in [1.807, 2.05) is 54.6 Å². The van der Waals surface area contributed by atoms with Crippen molar-refractivity contribution in [1.82, 2.24) is 14.6 Å². The fourth-order valence-corrected chi connectivity index (χ4v) is 3.90. The lowest BCUT2D eigenvalue weighted by Gasteiger charge is -2.19. The molecule has 0 aliphatic carbocycles. The number of rotatable bonds is 4. The van der Waals surface area contributed by atoms with Crippen LogP contribution in [-0.2, 0) is 4.74 Å². The van der Waals surface area contributed by atoms with Gasteiger partial charge in [-0.25, -0.2) is 4.79 Å². The Labute approximate surface area is 182 Å². The Morgan fingerprint density at radius 2 is 1.71 bits per heavy atom. The topological polar surface area (TPSA) is 96.7 Å². The summed E-state index contributed by atoms with van der Waals surface area (Å²) in [6.07, 6.45) is 1.53. The smallest absolute Gasteiger partial charge is 0.349 e. The Bertz CT molecular complexity index is 1300. The second-order valence-electron chi connectivity index (χ2n) is 7.91. The van der Waals surface area contributed by atoms with E-state index in [1.165, 1.54) is 6.20 Å². The molecule has 0 bridgehead atoms. The van der Waals surface area contributed by atoms with E-state index in [4.69, 9.17) is 4.74 Å². The van der Waals surface area contributed by atoms with Crippen molar-refractivity contribution in [2.24, 2.45) is 0 Å². The lowest BCUT2D eigenvalue weighted by Crippen LogP contribution is -2.29. The third-order valence-corrected chi connectivity index (χ3v) is 5.42. The van der Waals surface area contributed by atoms with Crippen LogP contribution in [0.5, 0.6) is 5.88 Å². The van der Waals surface area contributed by atoms with Gasteiger partial charge >= 0.3 is 5.97 Å².